The molecule has 0 radical (unpaired) electrons. The van der Waals surface area contributed by atoms with Crippen molar-refractivity contribution in [1.29, 1.82) is 0 Å². The number of anilines is 1. The van der Waals surface area contributed by atoms with E-state index in [4.69, 9.17) is 4.99 Å². The molecular formula is C23H24N4O2S. The lowest BCUT2D eigenvalue weighted by molar-refractivity contribution is -0.120. The van der Waals surface area contributed by atoms with E-state index < -0.39 is 6.04 Å². The summed E-state index contributed by atoms with van der Waals surface area (Å²) in [5, 5.41) is 3.60. The number of amidine groups is 2. The van der Waals surface area contributed by atoms with Gasteiger partial charge in [0.1, 0.15) is 11.9 Å². The largest absolute Gasteiger partial charge is 0.325 e. The van der Waals surface area contributed by atoms with Gasteiger partial charge in [0.15, 0.2) is 5.17 Å². The van der Waals surface area contributed by atoms with Crippen molar-refractivity contribution >= 4 is 46.0 Å². The van der Waals surface area contributed by atoms with Gasteiger partial charge in [0, 0.05) is 11.3 Å². The molecule has 1 unspecified atom stereocenters. The minimum absolute atomic E-state index is 0.0684. The van der Waals surface area contributed by atoms with E-state index in [1.165, 1.54) is 11.8 Å². The first-order chi connectivity index (χ1) is 14.3. The topological polar surface area (TPSA) is 74.1 Å². The molecule has 1 atom stereocenters. The van der Waals surface area contributed by atoms with Crippen LogP contribution in [0.4, 0.5) is 11.4 Å². The molecule has 2 aromatic rings. The van der Waals surface area contributed by atoms with Crippen LogP contribution in [-0.4, -0.2) is 39.5 Å². The third-order valence-electron chi connectivity index (χ3n) is 5.16. The lowest BCUT2D eigenvalue weighted by Gasteiger charge is -2.32. The van der Waals surface area contributed by atoms with Crippen molar-refractivity contribution < 1.29 is 9.59 Å². The number of aryl methyl sites for hydroxylation is 2. The van der Waals surface area contributed by atoms with Gasteiger partial charge in [-0.3, -0.25) is 14.5 Å². The van der Waals surface area contributed by atoms with E-state index in [-0.39, 0.29) is 23.5 Å². The highest BCUT2D eigenvalue weighted by atomic mass is 32.2. The first kappa shape index (κ1) is 20.3. The van der Waals surface area contributed by atoms with E-state index in [2.05, 4.69) is 10.3 Å². The van der Waals surface area contributed by atoms with E-state index in [0.29, 0.717) is 11.0 Å². The maximum atomic E-state index is 12.6. The van der Waals surface area contributed by atoms with E-state index in [1.54, 1.807) is 0 Å². The lowest BCUT2D eigenvalue weighted by Crippen LogP contribution is -2.46. The zero-order valence-corrected chi connectivity index (χ0v) is 18.3. The standard InChI is InChI=1S/C23H24N4O2S/c1-13(2)20-22(29)26-21-16-7-5-6-8-18(16)25-23(27(20)21)30-12-19(28)24-17-10-9-14(3)11-15(17)4/h5-11,13,20H,12H2,1-4H3,(H,24,28). The average Bonchev–Trinajstić information content (AvgIpc) is 3.06. The van der Waals surface area contributed by atoms with E-state index in [0.717, 1.165) is 28.1 Å². The fourth-order valence-corrected chi connectivity index (χ4v) is 4.57. The summed E-state index contributed by atoms with van der Waals surface area (Å²) in [5.74, 6) is 0.612. The first-order valence-corrected chi connectivity index (χ1v) is 10.9. The molecular weight excluding hydrogens is 396 g/mol. The second-order valence-corrected chi connectivity index (χ2v) is 8.84. The highest BCUT2D eigenvalue weighted by molar-refractivity contribution is 8.14. The van der Waals surface area contributed by atoms with Crippen molar-refractivity contribution in [3.8, 4) is 0 Å². The second-order valence-electron chi connectivity index (χ2n) is 7.90. The Morgan fingerprint density at radius 1 is 1.17 bits per heavy atom. The molecule has 2 aromatic carbocycles. The summed E-state index contributed by atoms with van der Waals surface area (Å²) in [6.45, 7) is 7.99. The zero-order valence-electron chi connectivity index (χ0n) is 17.5. The fourth-order valence-electron chi connectivity index (χ4n) is 3.74. The monoisotopic (exact) mass is 420 g/mol. The molecule has 2 aliphatic rings. The van der Waals surface area contributed by atoms with Crippen LogP contribution in [-0.2, 0) is 9.59 Å². The third-order valence-corrected chi connectivity index (χ3v) is 6.12. The van der Waals surface area contributed by atoms with E-state index in [1.807, 2.05) is 75.1 Å². The quantitative estimate of drug-likeness (QED) is 0.801. The molecule has 4 rings (SSSR count). The Hall–Kier alpha value is -2.93. The van der Waals surface area contributed by atoms with Crippen LogP contribution in [0.15, 0.2) is 52.4 Å². The number of rotatable bonds is 4. The van der Waals surface area contributed by atoms with Gasteiger partial charge in [-0.25, -0.2) is 4.99 Å². The molecule has 6 nitrogen and oxygen atoms in total. The maximum absolute atomic E-state index is 12.6. The number of nitrogens with one attached hydrogen (secondary N) is 1. The van der Waals surface area contributed by atoms with Gasteiger partial charge in [-0.1, -0.05) is 55.4 Å². The SMILES string of the molecule is Cc1ccc(NC(=O)CSC2=Nc3ccccc3C3=NC(=O)C(C(C)C)N23)c(C)c1. The van der Waals surface area contributed by atoms with Crippen molar-refractivity contribution in [3.63, 3.8) is 0 Å². The Morgan fingerprint density at radius 2 is 1.93 bits per heavy atom. The van der Waals surface area contributed by atoms with Crippen molar-refractivity contribution in [2.24, 2.45) is 15.9 Å². The third kappa shape index (κ3) is 3.77. The molecule has 30 heavy (non-hydrogen) atoms. The van der Waals surface area contributed by atoms with Crippen LogP contribution in [0.3, 0.4) is 0 Å². The van der Waals surface area contributed by atoms with Crippen molar-refractivity contribution in [1.82, 2.24) is 4.90 Å². The highest BCUT2D eigenvalue weighted by Gasteiger charge is 2.43. The number of para-hydroxylation sites is 1. The number of carbonyl (C=O) groups is 2. The summed E-state index contributed by atoms with van der Waals surface area (Å²) < 4.78 is 0. The molecule has 7 heteroatoms. The summed E-state index contributed by atoms with van der Waals surface area (Å²) in [7, 11) is 0. The van der Waals surface area contributed by atoms with Crippen LogP contribution in [0, 0.1) is 19.8 Å². The number of nitrogens with zero attached hydrogens (tertiary/aromatic N) is 3. The number of aliphatic imine (C=N–C) groups is 2. The Morgan fingerprint density at radius 3 is 2.67 bits per heavy atom. The molecule has 0 bridgehead atoms. The van der Waals surface area contributed by atoms with E-state index in [9.17, 15) is 9.59 Å². The first-order valence-electron chi connectivity index (χ1n) is 9.95. The van der Waals surface area contributed by atoms with Gasteiger partial charge in [0.2, 0.25) is 5.91 Å². The molecule has 0 saturated carbocycles. The molecule has 0 aliphatic carbocycles. The molecule has 1 N–H and O–H groups in total. The summed E-state index contributed by atoms with van der Waals surface area (Å²) in [4.78, 5) is 36.2. The number of hydrogen-bond donors (Lipinski definition) is 1. The smallest absolute Gasteiger partial charge is 0.271 e. The summed E-state index contributed by atoms with van der Waals surface area (Å²) in [5.41, 5.74) is 4.60. The van der Waals surface area contributed by atoms with E-state index >= 15 is 0 Å². The normalized spacial score (nSPS) is 17.4. The van der Waals surface area contributed by atoms with Crippen molar-refractivity contribution in [3.05, 3.63) is 59.2 Å². The molecule has 154 valence electrons. The molecule has 0 spiro atoms. The molecule has 0 fully saturated rings. The number of benzene rings is 2. The minimum Gasteiger partial charge on any atom is -0.325 e. The van der Waals surface area contributed by atoms with Gasteiger partial charge >= 0.3 is 0 Å². The summed E-state index contributed by atoms with van der Waals surface area (Å²) in [6, 6.07) is 13.2. The molecule has 2 amide bonds. The van der Waals surface area contributed by atoms with Gasteiger partial charge in [-0.15, -0.1) is 0 Å². The van der Waals surface area contributed by atoms with Gasteiger partial charge in [-0.2, -0.15) is 4.99 Å². The highest BCUT2D eigenvalue weighted by Crippen LogP contribution is 2.35. The minimum atomic E-state index is -0.401. The van der Waals surface area contributed by atoms with Crippen LogP contribution in [0.5, 0.6) is 0 Å². The number of thioether (sulfide) groups is 1. The van der Waals surface area contributed by atoms with Gasteiger partial charge in [0.05, 0.1) is 11.4 Å². The van der Waals surface area contributed by atoms with Gasteiger partial charge < -0.3 is 5.32 Å². The fraction of sp³-hybridized carbons (Fsp3) is 0.304. The van der Waals surface area contributed by atoms with Crippen LogP contribution < -0.4 is 5.32 Å². The van der Waals surface area contributed by atoms with Crippen molar-refractivity contribution in [2.45, 2.75) is 33.7 Å². The Bertz CT molecular complexity index is 1090. The predicted octanol–water partition coefficient (Wildman–Crippen LogP) is 4.29. The number of carbonyl (C=O) groups excluding carboxylic acids is 2. The molecule has 0 saturated heterocycles. The molecule has 0 aromatic heterocycles. The molecule has 2 aliphatic heterocycles. The van der Waals surface area contributed by atoms with Crippen LogP contribution >= 0.6 is 11.8 Å². The van der Waals surface area contributed by atoms with Crippen LogP contribution in [0.1, 0.15) is 30.5 Å². The van der Waals surface area contributed by atoms with Crippen LogP contribution in [0.2, 0.25) is 0 Å². The second kappa shape index (κ2) is 8.07. The van der Waals surface area contributed by atoms with Crippen molar-refractivity contribution in [2.75, 3.05) is 11.1 Å². The van der Waals surface area contributed by atoms with Crippen LogP contribution in [0.25, 0.3) is 0 Å². The average molecular weight is 421 g/mol. The number of fused-ring (bicyclic) bond motifs is 3. The Kier molecular flexibility index (Phi) is 5.47. The van der Waals surface area contributed by atoms with Gasteiger partial charge in [-0.05, 0) is 43.5 Å². The zero-order chi connectivity index (χ0) is 21.4. The summed E-state index contributed by atoms with van der Waals surface area (Å²) in [6.07, 6.45) is 0. The Balaban J connectivity index is 1.56. The predicted molar refractivity (Wildman–Crippen MR) is 123 cm³/mol. The summed E-state index contributed by atoms with van der Waals surface area (Å²) >= 11 is 1.33. The van der Waals surface area contributed by atoms with Gasteiger partial charge in [0.25, 0.3) is 5.91 Å². The number of hydrogen-bond acceptors (Lipinski definition) is 5. The molecule has 2 heterocycles. The Labute approximate surface area is 180 Å². The maximum Gasteiger partial charge on any atom is 0.271 e. The number of amides is 2. The lowest BCUT2D eigenvalue weighted by atomic mass is 10.0.